The summed E-state index contributed by atoms with van der Waals surface area (Å²) in [6.45, 7) is 3.77. The van der Waals surface area contributed by atoms with Crippen LogP contribution in [-0.2, 0) is 17.4 Å². The summed E-state index contributed by atoms with van der Waals surface area (Å²) in [6.07, 6.45) is -1.99. The maximum atomic E-state index is 13.0. The highest BCUT2D eigenvalue weighted by atomic mass is 32.2. The monoisotopic (exact) mass is 486 g/mol. The van der Waals surface area contributed by atoms with E-state index < -0.39 is 17.8 Å². The van der Waals surface area contributed by atoms with Crippen LogP contribution in [0.3, 0.4) is 0 Å². The lowest BCUT2D eigenvalue weighted by atomic mass is 10.1. The maximum Gasteiger partial charge on any atom is 0.416 e. The summed E-state index contributed by atoms with van der Waals surface area (Å²) in [5.41, 5.74) is 1.91. The number of pyridine rings is 1. The van der Waals surface area contributed by atoms with Crippen LogP contribution in [0.4, 0.5) is 24.5 Å². The Morgan fingerprint density at radius 3 is 2.53 bits per heavy atom. The molecule has 0 aliphatic rings. The highest BCUT2D eigenvalue weighted by Gasteiger charge is 2.31. The van der Waals surface area contributed by atoms with Crippen molar-refractivity contribution in [1.82, 2.24) is 4.98 Å². The Hall–Kier alpha value is -3.33. The second-order valence-electron chi connectivity index (χ2n) is 7.58. The first-order valence-electron chi connectivity index (χ1n) is 10.7. The van der Waals surface area contributed by atoms with Crippen molar-refractivity contribution < 1.29 is 18.0 Å². The minimum atomic E-state index is -4.45. The molecule has 2 aromatic carbocycles. The van der Waals surface area contributed by atoms with E-state index in [0.717, 1.165) is 40.8 Å². The van der Waals surface area contributed by atoms with Crippen LogP contribution in [0.1, 0.15) is 42.3 Å². The summed E-state index contributed by atoms with van der Waals surface area (Å²) in [6, 6.07) is 14.2. The molecule has 0 aliphatic heterocycles. The molecule has 34 heavy (non-hydrogen) atoms. The van der Waals surface area contributed by atoms with Gasteiger partial charge in [0.25, 0.3) is 0 Å². The molecule has 3 N–H and O–H groups in total. The van der Waals surface area contributed by atoms with E-state index in [1.54, 1.807) is 36.9 Å². The summed E-state index contributed by atoms with van der Waals surface area (Å²) >= 11 is 1.73. The number of halogens is 3. The Balaban J connectivity index is 1.67. The second-order valence-corrected chi connectivity index (χ2v) is 8.92. The van der Waals surface area contributed by atoms with E-state index in [2.05, 4.69) is 22.5 Å². The van der Waals surface area contributed by atoms with Crippen LogP contribution in [0, 0.1) is 5.41 Å². The van der Waals surface area contributed by atoms with E-state index in [1.165, 1.54) is 0 Å². The van der Waals surface area contributed by atoms with E-state index in [-0.39, 0.29) is 18.0 Å². The second kappa shape index (κ2) is 11.2. The van der Waals surface area contributed by atoms with Crippen LogP contribution in [0.2, 0.25) is 0 Å². The summed E-state index contributed by atoms with van der Waals surface area (Å²) in [5, 5.41) is 13.6. The Kier molecular flexibility index (Phi) is 8.33. The number of benzene rings is 2. The highest BCUT2D eigenvalue weighted by molar-refractivity contribution is 7.99. The van der Waals surface area contributed by atoms with Crippen molar-refractivity contribution in [1.29, 1.82) is 5.41 Å². The first-order chi connectivity index (χ1) is 16.2. The van der Waals surface area contributed by atoms with E-state index in [9.17, 15) is 18.0 Å². The van der Waals surface area contributed by atoms with Crippen molar-refractivity contribution in [2.75, 3.05) is 16.4 Å². The number of nitrogens with one attached hydrogen (secondary N) is 3. The number of hydrogen-bond donors (Lipinski definition) is 3. The number of rotatable bonds is 9. The van der Waals surface area contributed by atoms with Gasteiger partial charge < -0.3 is 16.0 Å². The fraction of sp³-hybridized carbons (Fsp3) is 0.240. The molecule has 5 nitrogen and oxygen atoms in total. The molecule has 0 radical (unpaired) electrons. The molecule has 1 heterocycles. The van der Waals surface area contributed by atoms with Gasteiger partial charge in [-0.2, -0.15) is 13.2 Å². The molecule has 3 aromatic rings. The van der Waals surface area contributed by atoms with Crippen molar-refractivity contribution in [2.45, 2.75) is 37.4 Å². The zero-order valence-corrected chi connectivity index (χ0v) is 19.6. The van der Waals surface area contributed by atoms with Gasteiger partial charge in [-0.05, 0) is 60.7 Å². The van der Waals surface area contributed by atoms with Crippen molar-refractivity contribution in [3.05, 3.63) is 83.2 Å². The third kappa shape index (κ3) is 6.84. The molecule has 1 atom stereocenters. The lowest BCUT2D eigenvalue weighted by molar-refractivity contribution is -0.137. The first-order valence-corrected chi connectivity index (χ1v) is 11.6. The lowest BCUT2D eigenvalue weighted by Crippen LogP contribution is -2.15. The molecule has 0 aliphatic carbocycles. The summed E-state index contributed by atoms with van der Waals surface area (Å²) in [7, 11) is 0. The van der Waals surface area contributed by atoms with Crippen LogP contribution < -0.4 is 10.6 Å². The fourth-order valence-electron chi connectivity index (χ4n) is 3.32. The van der Waals surface area contributed by atoms with E-state index >= 15 is 0 Å². The molecule has 0 spiro atoms. The number of aromatic nitrogens is 1. The zero-order valence-electron chi connectivity index (χ0n) is 18.7. The van der Waals surface area contributed by atoms with Gasteiger partial charge in [0.1, 0.15) is 0 Å². The third-order valence-electron chi connectivity index (χ3n) is 5.01. The van der Waals surface area contributed by atoms with Crippen LogP contribution in [0.15, 0.2) is 65.7 Å². The molecular formula is C25H25F3N4OS. The standard InChI is InChI=1S/C25H25F3N4OS/c1-3-34-21-7-4-17(5-8-21)12-24(33)32-20-6-9-22(18(13-20)15-29)31-16(2)23-14-19(10-11-30-23)25(26,27)28/h4-11,13-16,29,31H,3,12H2,1-2H3,(H,32,33). The number of carbonyl (C=O) groups is 1. The highest BCUT2D eigenvalue weighted by Crippen LogP contribution is 2.31. The van der Waals surface area contributed by atoms with Crippen LogP contribution in [0.25, 0.3) is 0 Å². The predicted octanol–water partition coefficient (Wildman–Crippen LogP) is 6.56. The third-order valence-corrected chi connectivity index (χ3v) is 5.91. The number of hydrogen-bond acceptors (Lipinski definition) is 5. The van der Waals surface area contributed by atoms with Gasteiger partial charge >= 0.3 is 6.18 Å². The summed E-state index contributed by atoms with van der Waals surface area (Å²) < 4.78 is 39.0. The zero-order chi connectivity index (χ0) is 24.7. The number of amides is 1. The molecule has 0 saturated heterocycles. The normalized spacial score (nSPS) is 12.1. The maximum absolute atomic E-state index is 13.0. The van der Waals surface area contributed by atoms with Gasteiger partial charge in [-0.1, -0.05) is 19.1 Å². The molecule has 1 aromatic heterocycles. The van der Waals surface area contributed by atoms with E-state index in [1.807, 2.05) is 24.3 Å². The van der Waals surface area contributed by atoms with E-state index in [4.69, 9.17) is 5.41 Å². The molecular weight excluding hydrogens is 461 g/mol. The van der Waals surface area contributed by atoms with Crippen molar-refractivity contribution in [2.24, 2.45) is 0 Å². The van der Waals surface area contributed by atoms with Crippen molar-refractivity contribution in [3.63, 3.8) is 0 Å². The smallest absolute Gasteiger partial charge is 0.376 e. The molecule has 9 heteroatoms. The van der Waals surface area contributed by atoms with E-state index in [0.29, 0.717) is 16.9 Å². The molecule has 0 bridgehead atoms. The van der Waals surface area contributed by atoms with Gasteiger partial charge in [-0.25, -0.2) is 0 Å². The number of alkyl halides is 3. The van der Waals surface area contributed by atoms with Gasteiger partial charge in [0.05, 0.1) is 23.7 Å². The van der Waals surface area contributed by atoms with Crippen molar-refractivity contribution >= 4 is 35.3 Å². The predicted molar refractivity (Wildman–Crippen MR) is 131 cm³/mol. The van der Waals surface area contributed by atoms with Crippen molar-refractivity contribution in [3.8, 4) is 0 Å². The fourth-order valence-corrected chi connectivity index (χ4v) is 3.98. The number of anilines is 2. The van der Waals surface area contributed by atoms with Gasteiger partial charge in [-0.3, -0.25) is 9.78 Å². The summed E-state index contributed by atoms with van der Waals surface area (Å²) in [4.78, 5) is 17.7. The number of thioether (sulfide) groups is 1. The molecule has 0 saturated carbocycles. The Bertz CT molecular complexity index is 1150. The van der Waals surface area contributed by atoms with Gasteiger partial charge in [0.2, 0.25) is 5.91 Å². The Morgan fingerprint density at radius 1 is 1.15 bits per heavy atom. The quantitative estimate of drug-likeness (QED) is 0.236. The minimum absolute atomic E-state index is 0.186. The Labute approximate surface area is 200 Å². The summed E-state index contributed by atoms with van der Waals surface area (Å²) in [5.74, 6) is 0.795. The Morgan fingerprint density at radius 2 is 1.88 bits per heavy atom. The molecule has 3 rings (SSSR count). The average molecular weight is 487 g/mol. The van der Waals surface area contributed by atoms with Gasteiger partial charge in [0.15, 0.2) is 0 Å². The number of carbonyl (C=O) groups excluding carboxylic acids is 1. The molecule has 1 amide bonds. The average Bonchev–Trinajstić information content (AvgIpc) is 2.81. The molecule has 1 unspecified atom stereocenters. The van der Waals surface area contributed by atoms with Gasteiger partial charge in [0, 0.05) is 34.2 Å². The topological polar surface area (TPSA) is 77.9 Å². The minimum Gasteiger partial charge on any atom is -0.376 e. The van der Waals surface area contributed by atoms with Crippen LogP contribution in [-0.4, -0.2) is 22.9 Å². The van der Waals surface area contributed by atoms with Gasteiger partial charge in [-0.15, -0.1) is 11.8 Å². The molecule has 178 valence electrons. The first kappa shape index (κ1) is 25.3. The lowest BCUT2D eigenvalue weighted by Gasteiger charge is -2.18. The largest absolute Gasteiger partial charge is 0.416 e. The van der Waals surface area contributed by atoms with Crippen LogP contribution in [0.5, 0.6) is 0 Å². The molecule has 0 fully saturated rings. The number of nitrogens with zero attached hydrogens (tertiary/aromatic N) is 1. The van der Waals surface area contributed by atoms with Crippen LogP contribution >= 0.6 is 11.8 Å². The SMILES string of the molecule is CCSc1ccc(CC(=O)Nc2ccc(NC(C)c3cc(C(F)(F)F)ccn3)c(C=N)c2)cc1.